The Labute approximate surface area is 110 Å². The Morgan fingerprint density at radius 2 is 1.38 bits per heavy atom. The molecule has 0 amide bonds. The van der Waals surface area contributed by atoms with Gasteiger partial charge in [0.25, 0.3) is 0 Å². The van der Waals surface area contributed by atoms with Crippen LogP contribution in [-0.4, -0.2) is 18.6 Å². The van der Waals surface area contributed by atoms with E-state index in [0.29, 0.717) is 0 Å². The normalized spacial score (nSPS) is 20.1. The van der Waals surface area contributed by atoms with Gasteiger partial charge in [0.2, 0.25) is 0 Å². The van der Waals surface area contributed by atoms with Crippen molar-refractivity contribution in [3.8, 4) is 0 Å². The Kier molecular flexibility index (Phi) is 4.70. The van der Waals surface area contributed by atoms with Crippen LogP contribution in [0.2, 0.25) is 0 Å². The van der Waals surface area contributed by atoms with E-state index in [0.717, 1.165) is 22.3 Å². The van der Waals surface area contributed by atoms with Crippen molar-refractivity contribution in [1.29, 1.82) is 0 Å². The van der Waals surface area contributed by atoms with Crippen LogP contribution in [0.5, 0.6) is 0 Å². The van der Waals surface area contributed by atoms with Gasteiger partial charge in [-0.2, -0.15) is 8.42 Å². The third-order valence-electron chi connectivity index (χ3n) is 3.39. The predicted octanol–water partition coefficient (Wildman–Crippen LogP) is 2.25. The zero-order chi connectivity index (χ0) is 12.0. The molecule has 0 aromatic carbocycles. The molecule has 0 fully saturated rings. The van der Waals surface area contributed by atoms with E-state index in [1.807, 2.05) is 13.8 Å². The van der Waals surface area contributed by atoms with Crippen LogP contribution in [0.3, 0.4) is 0 Å². The molecule has 0 saturated carbocycles. The summed E-state index contributed by atoms with van der Waals surface area (Å²) in [6.07, 6.45) is 0. The van der Waals surface area contributed by atoms with Gasteiger partial charge in [0.15, 0.2) is 0 Å². The molecule has 0 saturated heterocycles. The first kappa shape index (κ1) is 16.0. The number of rotatable bonds is 2. The molecule has 0 aromatic heterocycles. The SMILES string of the molecule is CC1=C(C)C(C)(OS(=O)(=O)O)C(C)=C1C.[Ir]. The summed E-state index contributed by atoms with van der Waals surface area (Å²) in [7, 11) is -4.45. The molecule has 1 N–H and O–H groups in total. The molecule has 0 bridgehead atoms. The first-order chi connectivity index (χ1) is 6.59. The summed E-state index contributed by atoms with van der Waals surface area (Å²) in [6, 6.07) is 0. The van der Waals surface area contributed by atoms with E-state index in [9.17, 15) is 8.42 Å². The van der Waals surface area contributed by atoms with Crippen molar-refractivity contribution in [3.05, 3.63) is 22.3 Å². The van der Waals surface area contributed by atoms with Gasteiger partial charge in [-0.1, -0.05) is 0 Å². The van der Waals surface area contributed by atoms with E-state index in [2.05, 4.69) is 0 Å². The van der Waals surface area contributed by atoms with Crippen LogP contribution in [0.1, 0.15) is 34.6 Å². The molecule has 0 atom stereocenters. The Hall–Kier alpha value is -0.000649. The van der Waals surface area contributed by atoms with E-state index < -0.39 is 16.0 Å². The van der Waals surface area contributed by atoms with Crippen LogP contribution in [0.4, 0.5) is 0 Å². The fourth-order valence-electron chi connectivity index (χ4n) is 1.89. The molecule has 1 radical (unpaired) electrons. The molecule has 0 unspecified atom stereocenters. The average molecular weight is 425 g/mol. The molecule has 1 aliphatic carbocycles. The Bertz CT molecular complexity index is 435. The van der Waals surface area contributed by atoms with Crippen molar-refractivity contribution in [1.82, 2.24) is 0 Å². The minimum absolute atomic E-state index is 0. The second-order valence-electron chi connectivity index (χ2n) is 4.04. The third kappa shape index (κ3) is 2.63. The molecule has 16 heavy (non-hydrogen) atoms. The standard InChI is InChI=1S/C10H16O4S.Ir/c1-6-7(2)9(4)10(5,8(6)3)14-15(11,12)13;/h1-5H3,(H,11,12,13);. The molecule has 95 valence electrons. The van der Waals surface area contributed by atoms with Crippen LogP contribution < -0.4 is 0 Å². The van der Waals surface area contributed by atoms with Gasteiger partial charge in [0.05, 0.1) is 0 Å². The number of hydrogen-bond acceptors (Lipinski definition) is 3. The summed E-state index contributed by atoms with van der Waals surface area (Å²) in [5, 5.41) is 0. The van der Waals surface area contributed by atoms with Gasteiger partial charge in [-0.15, -0.1) is 0 Å². The van der Waals surface area contributed by atoms with Gasteiger partial charge >= 0.3 is 10.4 Å². The second-order valence-corrected chi connectivity index (χ2v) is 5.07. The molecule has 0 aliphatic heterocycles. The van der Waals surface area contributed by atoms with Crippen LogP contribution >= 0.6 is 0 Å². The van der Waals surface area contributed by atoms with E-state index in [4.69, 9.17) is 8.74 Å². The quantitative estimate of drug-likeness (QED) is 0.691. The van der Waals surface area contributed by atoms with Gasteiger partial charge in [0, 0.05) is 20.1 Å². The minimum atomic E-state index is -4.45. The maximum atomic E-state index is 10.8. The van der Waals surface area contributed by atoms with Crippen LogP contribution in [0.15, 0.2) is 22.3 Å². The molecule has 1 aliphatic rings. The predicted molar refractivity (Wildman–Crippen MR) is 57.8 cm³/mol. The fraction of sp³-hybridized carbons (Fsp3) is 0.600. The van der Waals surface area contributed by atoms with Gasteiger partial charge < -0.3 is 0 Å². The Morgan fingerprint density at radius 3 is 1.62 bits per heavy atom. The Balaban J connectivity index is 0.00000225. The minimum Gasteiger partial charge on any atom is -0.263 e. The van der Waals surface area contributed by atoms with Crippen molar-refractivity contribution in [3.63, 3.8) is 0 Å². The summed E-state index contributed by atoms with van der Waals surface area (Å²) in [4.78, 5) is 0. The first-order valence-electron chi connectivity index (χ1n) is 4.64. The number of hydrogen-bond donors (Lipinski definition) is 1. The van der Waals surface area contributed by atoms with E-state index in [1.54, 1.807) is 20.8 Å². The zero-order valence-electron chi connectivity index (χ0n) is 9.91. The van der Waals surface area contributed by atoms with Gasteiger partial charge in [-0.3, -0.25) is 4.55 Å². The molecular weight excluding hydrogens is 408 g/mol. The van der Waals surface area contributed by atoms with E-state index >= 15 is 0 Å². The molecule has 4 nitrogen and oxygen atoms in total. The van der Waals surface area contributed by atoms with Crippen molar-refractivity contribution in [2.24, 2.45) is 0 Å². The van der Waals surface area contributed by atoms with Crippen LogP contribution in [-0.2, 0) is 34.7 Å². The fourth-order valence-corrected chi connectivity index (χ4v) is 2.57. The Morgan fingerprint density at radius 1 is 1.06 bits per heavy atom. The number of allylic oxidation sites excluding steroid dienone is 2. The molecular formula is C10H16IrO4S. The van der Waals surface area contributed by atoms with Crippen molar-refractivity contribution in [2.75, 3.05) is 0 Å². The second kappa shape index (κ2) is 4.70. The summed E-state index contributed by atoms with van der Waals surface area (Å²) in [5.41, 5.74) is 2.62. The maximum absolute atomic E-state index is 10.8. The topological polar surface area (TPSA) is 63.6 Å². The van der Waals surface area contributed by atoms with Gasteiger partial charge in [-0.05, 0) is 56.9 Å². The molecule has 0 heterocycles. The summed E-state index contributed by atoms with van der Waals surface area (Å²) in [5.74, 6) is 0. The van der Waals surface area contributed by atoms with Crippen molar-refractivity contribution < 1.29 is 37.3 Å². The molecule has 6 heteroatoms. The summed E-state index contributed by atoms with van der Waals surface area (Å²) in [6.45, 7) is 9.08. The van der Waals surface area contributed by atoms with Gasteiger partial charge in [0.1, 0.15) is 5.60 Å². The molecule has 0 aromatic rings. The summed E-state index contributed by atoms with van der Waals surface area (Å²) >= 11 is 0. The third-order valence-corrected chi connectivity index (χ3v) is 3.93. The molecule has 1 rings (SSSR count). The summed E-state index contributed by atoms with van der Waals surface area (Å²) < 4.78 is 35.1. The largest absolute Gasteiger partial charge is 0.398 e. The van der Waals surface area contributed by atoms with Crippen molar-refractivity contribution >= 4 is 10.4 Å². The van der Waals surface area contributed by atoms with Crippen molar-refractivity contribution in [2.45, 2.75) is 40.2 Å². The zero-order valence-corrected chi connectivity index (χ0v) is 13.1. The monoisotopic (exact) mass is 425 g/mol. The smallest absolute Gasteiger partial charge is 0.263 e. The van der Waals surface area contributed by atoms with Crippen LogP contribution in [0, 0.1) is 0 Å². The van der Waals surface area contributed by atoms with E-state index in [1.165, 1.54) is 0 Å². The van der Waals surface area contributed by atoms with Crippen LogP contribution in [0.25, 0.3) is 0 Å². The van der Waals surface area contributed by atoms with E-state index in [-0.39, 0.29) is 20.1 Å². The molecule has 0 spiro atoms. The first-order valence-corrected chi connectivity index (χ1v) is 6.00. The van der Waals surface area contributed by atoms with Gasteiger partial charge in [-0.25, -0.2) is 4.18 Å². The maximum Gasteiger partial charge on any atom is 0.398 e. The average Bonchev–Trinajstić information content (AvgIpc) is 2.19.